The fraction of sp³-hybridized carbons (Fsp3) is 0.133. The first-order chi connectivity index (χ1) is 10.2. The van der Waals surface area contributed by atoms with Gasteiger partial charge in [0, 0.05) is 15.8 Å². The molecule has 21 heavy (non-hydrogen) atoms. The second-order valence-corrected chi connectivity index (χ2v) is 5.64. The number of hydrogen-bond donors (Lipinski definition) is 2. The number of benzene rings is 1. The van der Waals surface area contributed by atoms with Crippen molar-refractivity contribution in [2.24, 2.45) is 5.84 Å². The monoisotopic (exact) mass is 303 g/mol. The zero-order valence-corrected chi connectivity index (χ0v) is 12.2. The normalized spacial score (nSPS) is 12.5. The second kappa shape index (κ2) is 5.77. The third-order valence-corrected chi connectivity index (χ3v) is 4.42. The van der Waals surface area contributed by atoms with Crippen LogP contribution in [0.5, 0.6) is 5.75 Å². The van der Waals surface area contributed by atoms with E-state index in [1.165, 1.54) is 12.1 Å². The molecule has 1 atom stereocenters. The number of fused-ring (bicyclic) bond motifs is 1. The van der Waals surface area contributed by atoms with E-state index >= 15 is 0 Å². The molecule has 6 heteroatoms. The number of rotatable bonds is 4. The number of nitrogens with one attached hydrogen (secondary N) is 1. The van der Waals surface area contributed by atoms with Gasteiger partial charge in [0.15, 0.2) is 0 Å². The Balaban J connectivity index is 2.09. The van der Waals surface area contributed by atoms with Crippen LogP contribution in [0.1, 0.15) is 16.6 Å². The minimum atomic E-state index is -0.304. The van der Waals surface area contributed by atoms with Gasteiger partial charge in [-0.25, -0.2) is 9.82 Å². The Bertz CT molecular complexity index is 774. The van der Waals surface area contributed by atoms with Gasteiger partial charge in [-0.1, -0.05) is 0 Å². The first kappa shape index (κ1) is 13.9. The summed E-state index contributed by atoms with van der Waals surface area (Å²) in [6.07, 6.45) is 1.69. The third-order valence-electron chi connectivity index (χ3n) is 3.24. The summed E-state index contributed by atoms with van der Waals surface area (Å²) in [5.41, 5.74) is 3.46. The molecular formula is C15H14FN3OS. The molecule has 108 valence electrons. The minimum absolute atomic E-state index is 0.250. The Labute approximate surface area is 125 Å². The highest BCUT2D eigenvalue weighted by molar-refractivity contribution is 7.19. The van der Waals surface area contributed by atoms with Gasteiger partial charge in [-0.05, 0) is 41.8 Å². The van der Waals surface area contributed by atoms with Gasteiger partial charge >= 0.3 is 0 Å². The fourth-order valence-corrected chi connectivity index (χ4v) is 3.37. The first-order valence-electron chi connectivity index (χ1n) is 6.37. The molecule has 0 amide bonds. The Morgan fingerprint density at radius 3 is 2.95 bits per heavy atom. The van der Waals surface area contributed by atoms with Gasteiger partial charge in [0.25, 0.3) is 0 Å². The van der Waals surface area contributed by atoms with Crippen LogP contribution in [0.25, 0.3) is 10.1 Å². The van der Waals surface area contributed by atoms with Crippen molar-refractivity contribution in [2.45, 2.75) is 6.04 Å². The highest BCUT2D eigenvalue weighted by Crippen LogP contribution is 2.35. The number of hydrogen-bond acceptors (Lipinski definition) is 5. The lowest BCUT2D eigenvalue weighted by molar-refractivity contribution is 0.401. The van der Waals surface area contributed by atoms with Crippen LogP contribution in [0.3, 0.4) is 0 Å². The number of pyridine rings is 1. The molecule has 3 N–H and O–H groups in total. The molecule has 0 bridgehead atoms. The molecule has 0 fully saturated rings. The van der Waals surface area contributed by atoms with Gasteiger partial charge in [0.1, 0.15) is 23.3 Å². The van der Waals surface area contributed by atoms with Gasteiger partial charge in [-0.3, -0.25) is 10.8 Å². The Kier molecular flexibility index (Phi) is 3.83. The van der Waals surface area contributed by atoms with Crippen molar-refractivity contribution < 1.29 is 9.13 Å². The van der Waals surface area contributed by atoms with Gasteiger partial charge in [-0.2, -0.15) is 0 Å². The zero-order chi connectivity index (χ0) is 14.8. The molecular weight excluding hydrogens is 289 g/mol. The highest BCUT2D eigenvalue weighted by atomic mass is 32.1. The van der Waals surface area contributed by atoms with E-state index in [-0.39, 0.29) is 11.9 Å². The smallest absolute Gasteiger partial charge is 0.142 e. The molecule has 2 aromatic heterocycles. The lowest BCUT2D eigenvalue weighted by Crippen LogP contribution is -2.29. The number of methoxy groups -OCH3 is 1. The number of nitrogens with two attached hydrogens (primary N) is 1. The van der Waals surface area contributed by atoms with Crippen molar-refractivity contribution in [1.29, 1.82) is 0 Å². The standard InChI is InChI=1S/C15H14FN3OS/c1-20-11-3-2-6-18-14(11)15(19-17)13-8-9-7-10(16)4-5-12(9)21-13/h2-8,15,19H,17H2,1H3. The van der Waals surface area contributed by atoms with E-state index in [0.717, 1.165) is 15.0 Å². The summed E-state index contributed by atoms with van der Waals surface area (Å²) < 4.78 is 19.6. The third kappa shape index (κ3) is 2.61. The average Bonchev–Trinajstić information content (AvgIpc) is 2.91. The minimum Gasteiger partial charge on any atom is -0.495 e. The van der Waals surface area contributed by atoms with E-state index < -0.39 is 0 Å². The van der Waals surface area contributed by atoms with Crippen molar-refractivity contribution in [3.05, 3.63) is 59.0 Å². The number of thiophene rings is 1. The molecule has 0 aliphatic carbocycles. The van der Waals surface area contributed by atoms with Crippen LogP contribution in [-0.2, 0) is 0 Å². The summed E-state index contributed by atoms with van der Waals surface area (Å²) in [7, 11) is 1.59. The molecule has 0 saturated heterocycles. The van der Waals surface area contributed by atoms with E-state index in [1.54, 1.807) is 36.8 Å². The summed E-state index contributed by atoms with van der Waals surface area (Å²) in [6, 6.07) is 9.98. The largest absolute Gasteiger partial charge is 0.495 e. The lowest BCUT2D eigenvalue weighted by atomic mass is 10.1. The summed E-state index contributed by atoms with van der Waals surface area (Å²) in [5, 5.41) is 0.852. The summed E-state index contributed by atoms with van der Waals surface area (Å²) in [6.45, 7) is 0. The van der Waals surface area contributed by atoms with Crippen LogP contribution in [-0.4, -0.2) is 12.1 Å². The molecule has 2 heterocycles. The Morgan fingerprint density at radius 2 is 2.19 bits per heavy atom. The lowest BCUT2D eigenvalue weighted by Gasteiger charge is -2.16. The number of nitrogens with zero attached hydrogens (tertiary/aromatic N) is 1. The predicted octanol–water partition coefficient (Wildman–Crippen LogP) is 3.00. The van der Waals surface area contributed by atoms with Gasteiger partial charge in [-0.15, -0.1) is 11.3 Å². The molecule has 1 unspecified atom stereocenters. The highest BCUT2D eigenvalue weighted by Gasteiger charge is 2.20. The van der Waals surface area contributed by atoms with E-state index in [9.17, 15) is 4.39 Å². The second-order valence-electron chi connectivity index (χ2n) is 4.52. The van der Waals surface area contributed by atoms with Crippen LogP contribution in [0.4, 0.5) is 4.39 Å². The van der Waals surface area contributed by atoms with Crippen molar-refractivity contribution in [1.82, 2.24) is 10.4 Å². The maximum Gasteiger partial charge on any atom is 0.142 e. The SMILES string of the molecule is COc1cccnc1C(NN)c1cc2cc(F)ccc2s1. The van der Waals surface area contributed by atoms with Crippen molar-refractivity contribution in [2.75, 3.05) is 7.11 Å². The maximum atomic E-state index is 13.3. The molecule has 3 aromatic rings. The van der Waals surface area contributed by atoms with Gasteiger partial charge in [0.05, 0.1) is 7.11 Å². The Hall–Kier alpha value is -2.02. The molecule has 4 nitrogen and oxygen atoms in total. The topological polar surface area (TPSA) is 60.2 Å². The number of halogens is 1. The maximum absolute atomic E-state index is 13.3. The summed E-state index contributed by atoms with van der Waals surface area (Å²) in [4.78, 5) is 5.30. The average molecular weight is 303 g/mol. The summed E-state index contributed by atoms with van der Waals surface area (Å²) in [5.74, 6) is 6.11. The summed E-state index contributed by atoms with van der Waals surface area (Å²) >= 11 is 1.55. The molecule has 1 aromatic carbocycles. The van der Waals surface area contributed by atoms with E-state index in [4.69, 9.17) is 10.6 Å². The van der Waals surface area contributed by atoms with E-state index in [0.29, 0.717) is 11.4 Å². The van der Waals surface area contributed by atoms with Crippen LogP contribution < -0.4 is 16.0 Å². The number of aromatic nitrogens is 1. The van der Waals surface area contributed by atoms with Crippen LogP contribution in [0, 0.1) is 5.82 Å². The molecule has 0 radical (unpaired) electrons. The van der Waals surface area contributed by atoms with Gasteiger partial charge < -0.3 is 4.74 Å². The number of ether oxygens (including phenoxy) is 1. The van der Waals surface area contributed by atoms with Gasteiger partial charge in [0.2, 0.25) is 0 Å². The van der Waals surface area contributed by atoms with Crippen LogP contribution in [0.15, 0.2) is 42.6 Å². The first-order valence-corrected chi connectivity index (χ1v) is 7.18. The van der Waals surface area contributed by atoms with Crippen LogP contribution in [0.2, 0.25) is 0 Å². The number of hydrazine groups is 1. The predicted molar refractivity (Wildman–Crippen MR) is 81.7 cm³/mol. The van der Waals surface area contributed by atoms with Crippen molar-refractivity contribution in [3.63, 3.8) is 0 Å². The van der Waals surface area contributed by atoms with E-state index in [2.05, 4.69) is 10.4 Å². The molecule has 0 aliphatic rings. The molecule has 0 saturated carbocycles. The van der Waals surface area contributed by atoms with Crippen molar-refractivity contribution in [3.8, 4) is 5.75 Å². The van der Waals surface area contributed by atoms with Crippen LogP contribution >= 0.6 is 11.3 Å². The van der Waals surface area contributed by atoms with E-state index in [1.807, 2.05) is 12.1 Å². The molecule has 0 spiro atoms. The molecule has 0 aliphatic heterocycles. The Morgan fingerprint density at radius 1 is 1.33 bits per heavy atom. The zero-order valence-electron chi connectivity index (χ0n) is 11.3. The quantitative estimate of drug-likeness (QED) is 0.574. The fourth-order valence-electron chi connectivity index (χ4n) is 2.26. The molecule has 3 rings (SSSR count). The van der Waals surface area contributed by atoms with Crippen molar-refractivity contribution >= 4 is 21.4 Å².